The molecule has 0 fully saturated rings. The molecule has 0 unspecified atom stereocenters. The Hall–Kier alpha value is 0.120. The predicted octanol–water partition coefficient (Wildman–Crippen LogP) is 1.17. The van der Waals surface area contributed by atoms with E-state index in [2.05, 4.69) is 32.6 Å². The van der Waals surface area contributed by atoms with Gasteiger partial charge in [0.15, 0.2) is 0 Å². The number of aliphatic hydroxyl groups excluding tert-OH is 1. The third kappa shape index (κ3) is 2.92. The number of nitrogens with zero attached hydrogens (tertiary/aromatic N) is 2. The molecule has 1 aromatic heterocycles. The average molecular weight is 282 g/mol. The fourth-order valence-electron chi connectivity index (χ4n) is 0.550. The molecule has 0 aromatic carbocycles. The summed E-state index contributed by atoms with van der Waals surface area (Å²) in [5, 5.41) is 9.49. The Balaban J connectivity index is 2.62. The molecule has 3 nitrogen and oxygen atoms in total. The van der Waals surface area contributed by atoms with Gasteiger partial charge in [-0.25, -0.2) is 9.97 Å². The van der Waals surface area contributed by atoms with Crippen molar-refractivity contribution in [3.8, 4) is 0 Å². The van der Waals surface area contributed by atoms with Crippen LogP contribution in [0.1, 0.15) is 0 Å². The van der Waals surface area contributed by atoms with E-state index in [1.54, 1.807) is 6.20 Å². The summed E-state index contributed by atoms with van der Waals surface area (Å²) in [7, 11) is 0. The zero-order valence-corrected chi connectivity index (χ0v) is 8.67. The normalized spacial score (nSPS) is 10.0. The molecule has 0 radical (unpaired) electrons. The van der Waals surface area contributed by atoms with Gasteiger partial charge in [0.2, 0.25) is 0 Å². The van der Waals surface area contributed by atoms with Gasteiger partial charge in [-0.1, -0.05) is 0 Å². The number of rotatable bonds is 3. The average Bonchev–Trinajstić information content (AvgIpc) is 2.03. The Morgan fingerprint density at radius 2 is 2.45 bits per heavy atom. The fraction of sp³-hybridized carbons (Fsp3) is 0.333. The SMILES string of the molecule is OCCSc1ncncc1I. The molecular weight excluding hydrogens is 275 g/mol. The minimum absolute atomic E-state index is 0.185. The monoisotopic (exact) mass is 282 g/mol. The van der Waals surface area contributed by atoms with Gasteiger partial charge in [0, 0.05) is 11.9 Å². The summed E-state index contributed by atoms with van der Waals surface area (Å²) in [6.07, 6.45) is 3.27. The van der Waals surface area contributed by atoms with Gasteiger partial charge < -0.3 is 5.11 Å². The minimum atomic E-state index is 0.185. The third-order valence-electron chi connectivity index (χ3n) is 0.964. The van der Waals surface area contributed by atoms with Crippen LogP contribution in [0.25, 0.3) is 0 Å². The highest BCUT2D eigenvalue weighted by molar-refractivity contribution is 14.1. The maximum Gasteiger partial charge on any atom is 0.116 e. The van der Waals surface area contributed by atoms with E-state index in [9.17, 15) is 0 Å². The maximum atomic E-state index is 8.55. The molecule has 0 aliphatic carbocycles. The molecule has 0 bridgehead atoms. The Bertz CT molecular complexity index is 234. The first-order valence-electron chi connectivity index (χ1n) is 3.03. The lowest BCUT2D eigenvalue weighted by atomic mass is 10.7. The maximum absolute atomic E-state index is 8.55. The summed E-state index contributed by atoms with van der Waals surface area (Å²) in [6.45, 7) is 0.185. The van der Waals surface area contributed by atoms with Gasteiger partial charge in [0.25, 0.3) is 0 Å². The van der Waals surface area contributed by atoms with Crippen LogP contribution in [0.4, 0.5) is 0 Å². The third-order valence-corrected chi connectivity index (χ3v) is 3.10. The first-order valence-corrected chi connectivity index (χ1v) is 5.10. The molecule has 1 rings (SSSR count). The molecule has 5 heteroatoms. The summed E-state index contributed by atoms with van der Waals surface area (Å²) in [4.78, 5) is 7.91. The molecular formula is C6H7IN2OS. The van der Waals surface area contributed by atoms with Crippen molar-refractivity contribution < 1.29 is 5.11 Å². The van der Waals surface area contributed by atoms with Crippen LogP contribution >= 0.6 is 34.4 Å². The number of hydrogen-bond acceptors (Lipinski definition) is 4. The molecule has 0 saturated heterocycles. The van der Waals surface area contributed by atoms with Gasteiger partial charge in [0.1, 0.15) is 11.4 Å². The van der Waals surface area contributed by atoms with E-state index in [1.807, 2.05) is 0 Å². The first-order chi connectivity index (χ1) is 5.34. The van der Waals surface area contributed by atoms with Crippen molar-refractivity contribution in [1.29, 1.82) is 0 Å². The second kappa shape index (κ2) is 4.89. The van der Waals surface area contributed by atoms with E-state index in [1.165, 1.54) is 18.1 Å². The van der Waals surface area contributed by atoms with E-state index in [0.29, 0.717) is 5.75 Å². The lowest BCUT2D eigenvalue weighted by Crippen LogP contribution is -1.90. The van der Waals surface area contributed by atoms with Gasteiger partial charge in [-0.2, -0.15) is 0 Å². The van der Waals surface area contributed by atoms with Gasteiger partial charge in [-0.15, -0.1) is 11.8 Å². The highest BCUT2D eigenvalue weighted by Gasteiger charge is 1.99. The zero-order chi connectivity index (χ0) is 8.10. The van der Waals surface area contributed by atoms with Crippen LogP contribution in [0.5, 0.6) is 0 Å². The number of aromatic nitrogens is 2. The molecule has 11 heavy (non-hydrogen) atoms. The standard InChI is InChI=1S/C6H7IN2OS/c7-5-3-8-4-9-6(5)11-2-1-10/h3-4,10H,1-2H2. The second-order valence-electron chi connectivity index (χ2n) is 1.75. The number of hydrogen-bond donors (Lipinski definition) is 1. The lowest BCUT2D eigenvalue weighted by molar-refractivity contribution is 0.322. The van der Waals surface area contributed by atoms with E-state index < -0.39 is 0 Å². The molecule has 0 atom stereocenters. The van der Waals surface area contributed by atoms with Crippen LogP contribution in [0.15, 0.2) is 17.6 Å². The van der Waals surface area contributed by atoms with E-state index >= 15 is 0 Å². The molecule has 1 heterocycles. The topological polar surface area (TPSA) is 46.0 Å². The van der Waals surface area contributed by atoms with E-state index in [4.69, 9.17) is 5.11 Å². The van der Waals surface area contributed by atoms with Crippen molar-refractivity contribution in [1.82, 2.24) is 9.97 Å². The van der Waals surface area contributed by atoms with Crippen molar-refractivity contribution in [3.63, 3.8) is 0 Å². The molecule has 0 saturated carbocycles. The Kier molecular flexibility index (Phi) is 4.09. The Morgan fingerprint density at radius 1 is 1.64 bits per heavy atom. The second-order valence-corrected chi connectivity index (χ2v) is 3.99. The van der Waals surface area contributed by atoms with Crippen LogP contribution in [0, 0.1) is 3.57 Å². The van der Waals surface area contributed by atoms with Crippen molar-refractivity contribution in [2.24, 2.45) is 0 Å². The van der Waals surface area contributed by atoms with Gasteiger partial charge >= 0.3 is 0 Å². The molecule has 0 spiro atoms. The summed E-state index contributed by atoms with van der Waals surface area (Å²) in [5.41, 5.74) is 0. The smallest absolute Gasteiger partial charge is 0.116 e. The van der Waals surface area contributed by atoms with Crippen LogP contribution in [0.3, 0.4) is 0 Å². The van der Waals surface area contributed by atoms with Crippen LogP contribution in [-0.2, 0) is 0 Å². The Morgan fingerprint density at radius 3 is 3.09 bits per heavy atom. The quantitative estimate of drug-likeness (QED) is 0.513. The molecule has 0 aliphatic heterocycles. The Labute approximate surface area is 82.8 Å². The van der Waals surface area contributed by atoms with Gasteiger partial charge in [-0.3, -0.25) is 0 Å². The van der Waals surface area contributed by atoms with Crippen molar-refractivity contribution in [3.05, 3.63) is 16.1 Å². The number of aliphatic hydroxyl groups is 1. The van der Waals surface area contributed by atoms with Crippen LogP contribution in [0.2, 0.25) is 0 Å². The van der Waals surface area contributed by atoms with Gasteiger partial charge in [-0.05, 0) is 22.6 Å². The molecule has 1 N–H and O–H groups in total. The number of thioether (sulfide) groups is 1. The highest BCUT2D eigenvalue weighted by atomic mass is 127. The molecule has 0 aliphatic rings. The minimum Gasteiger partial charge on any atom is -0.396 e. The van der Waals surface area contributed by atoms with E-state index in [-0.39, 0.29) is 6.61 Å². The first kappa shape index (κ1) is 9.21. The van der Waals surface area contributed by atoms with E-state index in [0.717, 1.165) is 8.60 Å². The summed E-state index contributed by atoms with van der Waals surface area (Å²) >= 11 is 3.71. The zero-order valence-electron chi connectivity index (χ0n) is 5.70. The molecule has 60 valence electrons. The number of halogens is 1. The fourth-order valence-corrected chi connectivity index (χ4v) is 1.91. The summed E-state index contributed by atoms with van der Waals surface area (Å²) < 4.78 is 1.03. The van der Waals surface area contributed by atoms with Crippen molar-refractivity contribution >= 4 is 34.4 Å². The molecule has 1 aromatic rings. The largest absolute Gasteiger partial charge is 0.396 e. The van der Waals surface area contributed by atoms with Crippen molar-refractivity contribution in [2.75, 3.05) is 12.4 Å². The lowest BCUT2D eigenvalue weighted by Gasteiger charge is -1.98. The summed E-state index contributed by atoms with van der Waals surface area (Å²) in [6, 6.07) is 0. The molecule has 0 amide bonds. The van der Waals surface area contributed by atoms with Crippen molar-refractivity contribution in [2.45, 2.75) is 5.03 Å². The van der Waals surface area contributed by atoms with Crippen LogP contribution < -0.4 is 0 Å². The predicted molar refractivity (Wildman–Crippen MR) is 52.6 cm³/mol. The highest BCUT2D eigenvalue weighted by Crippen LogP contribution is 2.19. The van der Waals surface area contributed by atoms with Crippen LogP contribution in [-0.4, -0.2) is 27.4 Å². The summed E-state index contributed by atoms with van der Waals surface area (Å²) in [5.74, 6) is 0.688. The van der Waals surface area contributed by atoms with Gasteiger partial charge in [0.05, 0.1) is 10.2 Å².